The fraction of sp³-hybridized carbons (Fsp3) is 0.900. The second-order valence-electron chi connectivity index (χ2n) is 4.71. The average molecular weight is 263 g/mol. The van der Waals surface area contributed by atoms with E-state index < -0.39 is 21.2 Å². The van der Waals surface area contributed by atoms with Gasteiger partial charge in [-0.3, -0.25) is 4.79 Å². The van der Waals surface area contributed by atoms with Crippen molar-refractivity contribution in [2.45, 2.75) is 43.6 Å². The Hall–Kier alpha value is -0.660. The first-order valence-electron chi connectivity index (χ1n) is 5.77. The van der Waals surface area contributed by atoms with E-state index in [9.17, 15) is 13.2 Å². The molecule has 1 heterocycles. The molecule has 0 aromatic heterocycles. The molecule has 2 fully saturated rings. The molecule has 6 nitrogen and oxygen atoms in total. The summed E-state index contributed by atoms with van der Waals surface area (Å²) >= 11 is 0. The van der Waals surface area contributed by atoms with Gasteiger partial charge in [-0.1, -0.05) is 0 Å². The van der Waals surface area contributed by atoms with Gasteiger partial charge in [0.1, 0.15) is 0 Å². The van der Waals surface area contributed by atoms with Crippen LogP contribution in [0.15, 0.2) is 0 Å². The smallest absolute Gasteiger partial charge is 0.323 e. The van der Waals surface area contributed by atoms with Gasteiger partial charge >= 0.3 is 5.97 Å². The lowest BCUT2D eigenvalue weighted by Crippen LogP contribution is -2.46. The highest BCUT2D eigenvalue weighted by atomic mass is 32.2. The van der Waals surface area contributed by atoms with Crippen molar-refractivity contribution in [1.82, 2.24) is 4.72 Å². The van der Waals surface area contributed by atoms with Gasteiger partial charge in [0.05, 0.1) is 12.1 Å². The Morgan fingerprint density at radius 1 is 1.41 bits per heavy atom. The Balaban J connectivity index is 2.02. The van der Waals surface area contributed by atoms with Gasteiger partial charge < -0.3 is 9.84 Å². The number of nitrogens with one attached hydrogen (secondary N) is 1. The van der Waals surface area contributed by atoms with Crippen LogP contribution in [0.3, 0.4) is 0 Å². The van der Waals surface area contributed by atoms with E-state index in [1.165, 1.54) is 6.92 Å². The number of carbonyl (C=O) groups is 1. The average Bonchev–Trinajstić information content (AvgIpc) is 2.99. The summed E-state index contributed by atoms with van der Waals surface area (Å²) in [5.41, 5.74) is 0. The number of sulfonamides is 1. The van der Waals surface area contributed by atoms with Crippen LogP contribution in [0.2, 0.25) is 0 Å². The Morgan fingerprint density at radius 3 is 2.59 bits per heavy atom. The number of carboxylic acid groups (broad SMARTS) is 1. The SMILES string of the molecule is CC(C(=O)O)S(=O)(=O)NC1CCOC1C1CC1. The topological polar surface area (TPSA) is 92.7 Å². The largest absolute Gasteiger partial charge is 0.480 e. The third-order valence-electron chi connectivity index (χ3n) is 3.35. The number of ether oxygens (including phenoxy) is 1. The third-order valence-corrected chi connectivity index (χ3v) is 5.12. The summed E-state index contributed by atoms with van der Waals surface area (Å²) < 4.78 is 31.5. The van der Waals surface area contributed by atoms with Crippen molar-refractivity contribution < 1.29 is 23.1 Å². The van der Waals surface area contributed by atoms with Crippen LogP contribution in [0.25, 0.3) is 0 Å². The highest BCUT2D eigenvalue weighted by molar-refractivity contribution is 7.90. The van der Waals surface area contributed by atoms with Gasteiger partial charge in [-0.15, -0.1) is 0 Å². The molecule has 0 bridgehead atoms. The van der Waals surface area contributed by atoms with Gasteiger partial charge in [0.2, 0.25) is 10.0 Å². The van der Waals surface area contributed by atoms with Gasteiger partial charge in [0.25, 0.3) is 0 Å². The summed E-state index contributed by atoms with van der Waals surface area (Å²) in [6.45, 7) is 1.71. The predicted molar refractivity (Wildman–Crippen MR) is 60.0 cm³/mol. The maximum atomic E-state index is 11.8. The first-order valence-corrected chi connectivity index (χ1v) is 7.32. The van der Waals surface area contributed by atoms with Crippen molar-refractivity contribution in [2.75, 3.05) is 6.61 Å². The zero-order chi connectivity index (χ0) is 12.6. The number of hydrogen-bond acceptors (Lipinski definition) is 4. The summed E-state index contributed by atoms with van der Waals surface area (Å²) in [5.74, 6) is -0.898. The van der Waals surface area contributed by atoms with Gasteiger partial charge in [-0.2, -0.15) is 0 Å². The van der Waals surface area contributed by atoms with E-state index in [-0.39, 0.29) is 12.1 Å². The molecular formula is C10H17NO5S. The minimum atomic E-state index is -3.81. The second-order valence-corrected chi connectivity index (χ2v) is 6.74. The quantitative estimate of drug-likeness (QED) is 0.725. The fourth-order valence-corrected chi connectivity index (χ4v) is 3.22. The first kappa shape index (κ1) is 12.8. The Morgan fingerprint density at radius 2 is 2.06 bits per heavy atom. The van der Waals surface area contributed by atoms with Crippen LogP contribution >= 0.6 is 0 Å². The van der Waals surface area contributed by atoms with Crippen LogP contribution in [0.5, 0.6) is 0 Å². The third kappa shape index (κ3) is 2.78. The number of carboxylic acids is 1. The van der Waals surface area contributed by atoms with E-state index >= 15 is 0 Å². The molecule has 1 aliphatic carbocycles. The molecule has 0 spiro atoms. The van der Waals surface area contributed by atoms with Gasteiger partial charge in [0, 0.05) is 6.61 Å². The molecule has 2 N–H and O–H groups in total. The first-order chi connectivity index (χ1) is 7.92. The number of rotatable bonds is 5. The summed E-state index contributed by atoms with van der Waals surface area (Å²) in [4.78, 5) is 10.7. The molecule has 1 saturated heterocycles. The molecule has 7 heteroatoms. The molecule has 0 radical (unpaired) electrons. The number of aliphatic carboxylic acids is 1. The van der Waals surface area contributed by atoms with Gasteiger partial charge in [-0.25, -0.2) is 13.1 Å². The number of hydrogen-bond donors (Lipinski definition) is 2. The lowest BCUT2D eigenvalue weighted by atomic mass is 10.1. The minimum absolute atomic E-state index is 0.0780. The van der Waals surface area contributed by atoms with Crippen molar-refractivity contribution >= 4 is 16.0 Å². The summed E-state index contributed by atoms with van der Waals surface area (Å²) in [7, 11) is -3.81. The molecule has 0 aromatic carbocycles. The monoisotopic (exact) mass is 263 g/mol. The molecule has 0 aromatic rings. The fourth-order valence-electron chi connectivity index (χ4n) is 2.07. The lowest BCUT2D eigenvalue weighted by molar-refractivity contribution is -0.136. The molecule has 3 atom stereocenters. The predicted octanol–water partition coefficient (Wildman–Crippen LogP) is -0.0536. The Kier molecular flexibility index (Phi) is 3.42. The zero-order valence-electron chi connectivity index (χ0n) is 9.63. The van der Waals surface area contributed by atoms with Gasteiger partial charge in [0.15, 0.2) is 5.25 Å². The molecular weight excluding hydrogens is 246 g/mol. The van der Waals surface area contributed by atoms with Crippen LogP contribution in [0, 0.1) is 5.92 Å². The summed E-state index contributed by atoms with van der Waals surface area (Å²) in [6.07, 6.45) is 2.67. The zero-order valence-corrected chi connectivity index (χ0v) is 10.4. The maximum Gasteiger partial charge on any atom is 0.323 e. The molecule has 2 aliphatic rings. The molecule has 98 valence electrons. The molecule has 17 heavy (non-hydrogen) atoms. The molecule has 1 saturated carbocycles. The van der Waals surface area contributed by atoms with Crippen molar-refractivity contribution in [3.05, 3.63) is 0 Å². The van der Waals surface area contributed by atoms with Crippen LogP contribution in [-0.2, 0) is 19.6 Å². The Labute approximate surface area is 100 Å². The molecule has 1 aliphatic heterocycles. The van der Waals surface area contributed by atoms with Crippen molar-refractivity contribution in [3.8, 4) is 0 Å². The van der Waals surface area contributed by atoms with E-state index in [0.717, 1.165) is 12.8 Å². The standard InChI is InChI=1S/C10H17NO5S/c1-6(10(12)13)17(14,15)11-8-4-5-16-9(8)7-2-3-7/h6-9,11H,2-5H2,1H3,(H,12,13). The van der Waals surface area contributed by atoms with E-state index in [4.69, 9.17) is 9.84 Å². The van der Waals surface area contributed by atoms with Crippen molar-refractivity contribution in [2.24, 2.45) is 5.92 Å². The van der Waals surface area contributed by atoms with E-state index in [0.29, 0.717) is 18.9 Å². The summed E-state index contributed by atoms with van der Waals surface area (Å²) in [6, 6.07) is -0.269. The van der Waals surface area contributed by atoms with Crippen molar-refractivity contribution in [1.29, 1.82) is 0 Å². The van der Waals surface area contributed by atoms with Crippen LogP contribution in [-0.4, -0.2) is 43.5 Å². The molecule has 0 amide bonds. The van der Waals surface area contributed by atoms with E-state index in [1.807, 2.05) is 0 Å². The highest BCUT2D eigenvalue weighted by Crippen LogP contribution is 2.38. The molecule has 2 rings (SSSR count). The van der Waals surface area contributed by atoms with Crippen molar-refractivity contribution in [3.63, 3.8) is 0 Å². The molecule has 3 unspecified atom stereocenters. The van der Waals surface area contributed by atoms with Crippen LogP contribution < -0.4 is 4.72 Å². The minimum Gasteiger partial charge on any atom is -0.480 e. The normalized spacial score (nSPS) is 31.4. The summed E-state index contributed by atoms with van der Waals surface area (Å²) in [5, 5.41) is 7.30. The Bertz CT molecular complexity index is 403. The van der Waals surface area contributed by atoms with Gasteiger partial charge in [-0.05, 0) is 32.1 Å². The maximum absolute atomic E-state index is 11.8. The second kappa shape index (κ2) is 4.55. The van der Waals surface area contributed by atoms with E-state index in [2.05, 4.69) is 4.72 Å². The lowest BCUT2D eigenvalue weighted by Gasteiger charge is -2.20. The van der Waals surface area contributed by atoms with Crippen LogP contribution in [0.4, 0.5) is 0 Å². The highest BCUT2D eigenvalue weighted by Gasteiger charge is 2.43. The van der Waals surface area contributed by atoms with Crippen LogP contribution in [0.1, 0.15) is 26.2 Å². The van der Waals surface area contributed by atoms with E-state index in [1.54, 1.807) is 0 Å².